The molecule has 2 aliphatic rings. The van der Waals surface area contributed by atoms with E-state index >= 15 is 0 Å². The van der Waals surface area contributed by atoms with Gasteiger partial charge in [0.25, 0.3) is 0 Å². The maximum atomic E-state index is 13.5. The van der Waals surface area contributed by atoms with Crippen molar-refractivity contribution in [3.05, 3.63) is 17.5 Å². The zero-order valence-electron chi connectivity index (χ0n) is 16.8. The highest BCUT2D eigenvalue weighted by Crippen LogP contribution is 2.41. The number of methoxy groups -OCH3 is 1. The molecule has 1 aliphatic carbocycles. The Balaban J connectivity index is 1.71. The van der Waals surface area contributed by atoms with Crippen LogP contribution in [0.2, 0.25) is 0 Å². The van der Waals surface area contributed by atoms with Gasteiger partial charge in [-0.25, -0.2) is 9.67 Å². The summed E-state index contributed by atoms with van der Waals surface area (Å²) in [5, 5.41) is 7.62. The molecular formula is C19H25F3N6O. The summed E-state index contributed by atoms with van der Waals surface area (Å²) >= 11 is 0. The van der Waals surface area contributed by atoms with Crippen LogP contribution in [0.4, 0.5) is 30.8 Å². The maximum absolute atomic E-state index is 13.5. The lowest BCUT2D eigenvalue weighted by atomic mass is 9.93. The monoisotopic (exact) mass is 410 g/mol. The molecular weight excluding hydrogens is 385 g/mol. The second-order valence-electron chi connectivity index (χ2n) is 7.89. The van der Waals surface area contributed by atoms with E-state index in [1.807, 2.05) is 18.5 Å². The van der Waals surface area contributed by atoms with Gasteiger partial charge >= 0.3 is 6.18 Å². The van der Waals surface area contributed by atoms with Crippen molar-refractivity contribution in [2.24, 2.45) is 5.92 Å². The van der Waals surface area contributed by atoms with Crippen LogP contribution in [0.15, 0.2) is 6.20 Å². The average molecular weight is 410 g/mol. The molecule has 29 heavy (non-hydrogen) atoms. The molecule has 1 N–H and O–H groups in total. The third-order valence-corrected chi connectivity index (χ3v) is 5.68. The number of nitrogens with zero attached hydrogens (tertiary/aromatic N) is 5. The second kappa shape index (κ2) is 7.38. The average Bonchev–Trinajstić information content (AvgIpc) is 3.16. The topological polar surface area (TPSA) is 68.1 Å². The largest absolute Gasteiger partial charge is 0.491 e. The first-order valence-electron chi connectivity index (χ1n) is 9.87. The number of rotatable bonds is 5. The second-order valence-corrected chi connectivity index (χ2v) is 7.89. The van der Waals surface area contributed by atoms with Crippen molar-refractivity contribution in [3.63, 3.8) is 0 Å². The highest BCUT2D eigenvalue weighted by Gasteiger charge is 2.38. The van der Waals surface area contributed by atoms with E-state index in [0.717, 1.165) is 31.9 Å². The van der Waals surface area contributed by atoms with E-state index in [0.29, 0.717) is 36.3 Å². The minimum atomic E-state index is -4.51. The molecule has 3 heterocycles. The molecule has 0 bridgehead atoms. The fraction of sp³-hybridized carbons (Fsp3) is 0.632. The number of anilines is 3. The molecule has 0 amide bonds. The molecule has 0 radical (unpaired) electrons. The SMILES string of the molecule is COc1c(C)nn(C2CCC2)c1Nc1ncc(C(F)(F)F)c(N2CC[C@H](C)C2)n1. The van der Waals surface area contributed by atoms with Crippen molar-refractivity contribution in [2.45, 2.75) is 51.7 Å². The molecule has 4 rings (SSSR count). The normalized spacial score (nSPS) is 20.1. The van der Waals surface area contributed by atoms with E-state index in [2.05, 4.69) is 20.4 Å². The summed E-state index contributed by atoms with van der Waals surface area (Å²) in [6, 6.07) is 0.244. The summed E-state index contributed by atoms with van der Waals surface area (Å²) in [5.41, 5.74) is -0.102. The summed E-state index contributed by atoms with van der Waals surface area (Å²) in [6.45, 7) is 4.95. The van der Waals surface area contributed by atoms with Crippen LogP contribution < -0.4 is 15.0 Å². The Morgan fingerprint density at radius 2 is 2.00 bits per heavy atom. The Morgan fingerprint density at radius 3 is 2.55 bits per heavy atom. The molecule has 0 aromatic carbocycles. The lowest BCUT2D eigenvalue weighted by Gasteiger charge is -2.27. The van der Waals surface area contributed by atoms with Crippen LogP contribution in [0.25, 0.3) is 0 Å². The zero-order valence-corrected chi connectivity index (χ0v) is 16.8. The predicted molar refractivity (Wildman–Crippen MR) is 103 cm³/mol. The van der Waals surface area contributed by atoms with Crippen LogP contribution in [0.5, 0.6) is 5.75 Å². The van der Waals surface area contributed by atoms with E-state index in [-0.39, 0.29) is 17.8 Å². The van der Waals surface area contributed by atoms with Crippen LogP contribution in [0, 0.1) is 12.8 Å². The van der Waals surface area contributed by atoms with Gasteiger partial charge in [-0.3, -0.25) is 0 Å². The minimum Gasteiger partial charge on any atom is -0.491 e. The lowest BCUT2D eigenvalue weighted by Crippen LogP contribution is -2.25. The summed E-state index contributed by atoms with van der Waals surface area (Å²) in [7, 11) is 1.55. The summed E-state index contributed by atoms with van der Waals surface area (Å²) in [6.07, 6.45) is 0.317. The quantitative estimate of drug-likeness (QED) is 0.792. The van der Waals surface area contributed by atoms with Crippen LogP contribution in [0.1, 0.15) is 49.9 Å². The minimum absolute atomic E-state index is 0.0789. The molecule has 2 aromatic rings. The number of aryl methyl sites for hydroxylation is 1. The Kier molecular flexibility index (Phi) is 5.04. The Morgan fingerprint density at radius 1 is 1.24 bits per heavy atom. The van der Waals surface area contributed by atoms with Gasteiger partial charge in [-0.15, -0.1) is 0 Å². The molecule has 7 nitrogen and oxygen atoms in total. The molecule has 1 aliphatic heterocycles. The van der Waals surface area contributed by atoms with Crippen molar-refractivity contribution in [3.8, 4) is 5.75 Å². The molecule has 2 fully saturated rings. The van der Waals surface area contributed by atoms with Gasteiger partial charge in [-0.05, 0) is 38.5 Å². The van der Waals surface area contributed by atoms with E-state index < -0.39 is 11.7 Å². The van der Waals surface area contributed by atoms with E-state index in [4.69, 9.17) is 4.74 Å². The van der Waals surface area contributed by atoms with Crippen molar-refractivity contribution < 1.29 is 17.9 Å². The smallest absolute Gasteiger partial charge is 0.421 e. The fourth-order valence-electron chi connectivity index (χ4n) is 3.89. The first-order valence-corrected chi connectivity index (χ1v) is 9.87. The Bertz CT molecular complexity index is 893. The van der Waals surface area contributed by atoms with Crippen molar-refractivity contribution in [1.29, 1.82) is 0 Å². The standard InChI is InChI=1S/C19H25F3N6O/c1-11-7-8-27(10-11)16-14(19(20,21)22)9-23-18(24-16)25-17-15(29-3)12(2)26-28(17)13-5-4-6-13/h9,11,13H,4-8,10H2,1-3H3,(H,23,24,25)/t11-/m0/s1. The van der Waals surface area contributed by atoms with Crippen LogP contribution >= 0.6 is 0 Å². The first-order chi connectivity index (χ1) is 13.8. The summed E-state index contributed by atoms with van der Waals surface area (Å²) < 4.78 is 47.9. The van der Waals surface area contributed by atoms with Gasteiger partial charge in [0.15, 0.2) is 11.6 Å². The number of aromatic nitrogens is 4. The van der Waals surface area contributed by atoms with E-state index in [9.17, 15) is 13.2 Å². The number of halogens is 3. The zero-order chi connectivity index (χ0) is 20.8. The fourth-order valence-corrected chi connectivity index (χ4v) is 3.89. The van der Waals surface area contributed by atoms with Crippen LogP contribution in [-0.4, -0.2) is 39.9 Å². The number of hydrogen-bond acceptors (Lipinski definition) is 6. The van der Waals surface area contributed by atoms with Gasteiger partial charge in [0.05, 0.1) is 13.2 Å². The van der Waals surface area contributed by atoms with Crippen molar-refractivity contribution in [1.82, 2.24) is 19.7 Å². The molecule has 1 atom stereocenters. The Hall–Kier alpha value is -2.52. The summed E-state index contributed by atoms with van der Waals surface area (Å²) in [5.74, 6) is 1.48. The van der Waals surface area contributed by atoms with E-state index in [1.54, 1.807) is 12.0 Å². The molecule has 1 saturated heterocycles. The molecule has 1 saturated carbocycles. The summed E-state index contributed by atoms with van der Waals surface area (Å²) in [4.78, 5) is 9.91. The van der Waals surface area contributed by atoms with Crippen LogP contribution in [-0.2, 0) is 6.18 Å². The number of hydrogen-bond donors (Lipinski definition) is 1. The maximum Gasteiger partial charge on any atom is 0.421 e. The lowest BCUT2D eigenvalue weighted by molar-refractivity contribution is -0.137. The third-order valence-electron chi connectivity index (χ3n) is 5.68. The molecule has 158 valence electrons. The van der Waals surface area contributed by atoms with Gasteiger partial charge in [0.2, 0.25) is 5.95 Å². The van der Waals surface area contributed by atoms with Gasteiger partial charge in [0.1, 0.15) is 17.1 Å². The predicted octanol–water partition coefficient (Wildman–Crippen LogP) is 4.32. The highest BCUT2D eigenvalue weighted by molar-refractivity contribution is 5.62. The van der Waals surface area contributed by atoms with Gasteiger partial charge in [-0.2, -0.15) is 23.3 Å². The molecule has 2 aromatic heterocycles. The number of ether oxygens (including phenoxy) is 1. The van der Waals surface area contributed by atoms with E-state index in [1.165, 1.54) is 0 Å². The van der Waals surface area contributed by atoms with Crippen LogP contribution in [0.3, 0.4) is 0 Å². The number of alkyl halides is 3. The van der Waals surface area contributed by atoms with Crippen molar-refractivity contribution in [2.75, 3.05) is 30.4 Å². The third kappa shape index (κ3) is 3.72. The first kappa shape index (κ1) is 19.8. The number of nitrogens with one attached hydrogen (secondary N) is 1. The molecule has 10 heteroatoms. The van der Waals surface area contributed by atoms with Gasteiger partial charge < -0.3 is 15.0 Å². The van der Waals surface area contributed by atoms with Gasteiger partial charge in [-0.1, -0.05) is 6.92 Å². The van der Waals surface area contributed by atoms with Gasteiger partial charge in [0, 0.05) is 19.3 Å². The molecule has 0 unspecified atom stereocenters. The Labute approximate surface area is 167 Å². The highest BCUT2D eigenvalue weighted by atomic mass is 19.4. The molecule has 0 spiro atoms. The van der Waals surface area contributed by atoms with Crippen molar-refractivity contribution >= 4 is 17.6 Å².